The second-order valence-electron chi connectivity index (χ2n) is 3.75. The van der Waals surface area contributed by atoms with E-state index in [0.717, 1.165) is 0 Å². The van der Waals surface area contributed by atoms with Crippen molar-refractivity contribution in [3.63, 3.8) is 0 Å². The number of allylic oxidation sites excluding steroid dienone is 3. The average molecular weight is 485 g/mol. The summed E-state index contributed by atoms with van der Waals surface area (Å²) in [6, 6.07) is 5.04. The molecule has 1 aromatic rings. The van der Waals surface area contributed by atoms with Crippen molar-refractivity contribution >= 4 is 17.3 Å². The third-order valence-electron chi connectivity index (χ3n) is 2.34. The number of aromatic hydroxyl groups is 1. The third kappa shape index (κ3) is 5.26. The second kappa shape index (κ2) is 7.96. The predicted octanol–water partition coefficient (Wildman–Crippen LogP) is 2.62. The number of phenolic OH excluding ortho intramolecular Hbond substituents is 1. The first-order valence-corrected chi connectivity index (χ1v) is 12.3. The Morgan fingerprint density at radius 1 is 1.15 bits per heavy atom. The number of alkyl halides is 1. The fourth-order valence-corrected chi connectivity index (χ4v) is 6.51. The summed E-state index contributed by atoms with van der Waals surface area (Å²) in [4.78, 5) is 19.4. The van der Waals surface area contributed by atoms with Gasteiger partial charge in [0, 0.05) is 12.1 Å². The molecule has 0 saturated heterocycles. The molecule has 0 aliphatic carbocycles. The number of halogens is 1. The average Bonchev–Trinajstić information content (AvgIpc) is 2.40. The van der Waals surface area contributed by atoms with E-state index < -0.39 is 29.5 Å². The summed E-state index contributed by atoms with van der Waals surface area (Å²) in [7, 11) is 0. The zero-order valence-corrected chi connectivity index (χ0v) is 16.4. The van der Waals surface area contributed by atoms with Gasteiger partial charge in [0.15, 0.2) is 0 Å². The first-order chi connectivity index (χ1) is 9.41. The van der Waals surface area contributed by atoms with E-state index in [1.165, 1.54) is 30.3 Å². The molecule has 1 aromatic carbocycles. The summed E-state index contributed by atoms with van der Waals surface area (Å²) in [5, 5.41) is 29.0. The van der Waals surface area contributed by atoms with E-state index in [2.05, 4.69) is 0 Å². The van der Waals surface area contributed by atoms with Crippen LogP contribution in [0.5, 0.6) is 5.75 Å². The normalized spacial score (nSPS) is 15.8. The van der Waals surface area contributed by atoms with E-state index in [4.69, 9.17) is 16.7 Å². The molecule has 1 unspecified atom stereocenters. The van der Waals surface area contributed by atoms with Gasteiger partial charge in [-0.15, -0.1) is 0 Å². The molecule has 0 spiro atoms. The fraction of sp³-hybridized carbons (Fsp3) is 0.0909. The van der Waals surface area contributed by atoms with Gasteiger partial charge >= 0.3 is 75.5 Å². The molecule has 0 radical (unpaired) electrons. The maximum atomic E-state index is 10.2. The number of rotatable bonds is 2. The van der Waals surface area contributed by atoms with Gasteiger partial charge in [0.25, 0.3) is 5.69 Å². The molecule has 0 saturated carbocycles. The Morgan fingerprint density at radius 2 is 1.75 bits per heavy atom. The first-order valence-electron chi connectivity index (χ1n) is 5.50. The number of nitrogens with zero attached hydrogens (tertiary/aromatic N) is 2. The van der Waals surface area contributed by atoms with Crippen LogP contribution in [-0.2, 0) is 24.6 Å². The standard InChI is InChI=1S/C6H5NO3.C5H4ClNO2.Hg/c8-6-3-1-5(2-4-6)7(9)10;1-2-3-5(4-6)7(8)9;/h1-4,8H;1-4H;. The molecule has 0 fully saturated rings. The quantitative estimate of drug-likeness (QED) is 0.300. The number of hydrogen-bond donors (Lipinski definition) is 1. The van der Waals surface area contributed by atoms with Crippen LogP contribution >= 0.6 is 11.6 Å². The molecule has 0 amide bonds. The monoisotopic (exact) mass is 486 g/mol. The zero-order valence-electron chi connectivity index (χ0n) is 10.2. The van der Waals surface area contributed by atoms with Crippen LogP contribution in [0.3, 0.4) is 0 Å². The number of non-ortho nitro benzene ring substituents is 1. The van der Waals surface area contributed by atoms with Gasteiger partial charge in [0.2, 0.25) is 0 Å². The van der Waals surface area contributed by atoms with Crippen LogP contribution in [0, 0.1) is 20.2 Å². The van der Waals surface area contributed by atoms with E-state index >= 15 is 0 Å². The Hall–Kier alpha value is -1.47. The summed E-state index contributed by atoms with van der Waals surface area (Å²) in [6.45, 7) is 0. The Kier molecular flexibility index (Phi) is 6.60. The van der Waals surface area contributed by atoms with E-state index in [1.54, 1.807) is 6.08 Å². The SMILES string of the molecule is O=[N+]([O-])C1=CC=[CH][Hg][CH]1Cl.O=[N+]([O-])c1ccc(O)cc1. The molecule has 0 bridgehead atoms. The summed E-state index contributed by atoms with van der Waals surface area (Å²) >= 11 is 4.45. The van der Waals surface area contributed by atoms with Crippen LogP contribution in [0.15, 0.2) is 45.7 Å². The van der Waals surface area contributed by atoms with Crippen molar-refractivity contribution < 1.29 is 39.5 Å². The van der Waals surface area contributed by atoms with Crippen LogP contribution < -0.4 is 0 Å². The van der Waals surface area contributed by atoms with Crippen LogP contribution in [0.4, 0.5) is 5.69 Å². The van der Waals surface area contributed by atoms with E-state index in [-0.39, 0.29) is 24.9 Å². The third-order valence-corrected chi connectivity index (χ3v) is 9.48. The van der Waals surface area contributed by atoms with Gasteiger partial charge in [0.05, 0.1) is 4.92 Å². The number of phenols is 1. The molecule has 102 valence electrons. The molecule has 7 nitrogen and oxygen atoms in total. The van der Waals surface area contributed by atoms with Crippen LogP contribution in [0.1, 0.15) is 0 Å². The number of nitro groups is 2. The van der Waals surface area contributed by atoms with Gasteiger partial charge in [-0.05, 0) is 12.1 Å². The molecular formula is C11H9ClHgN2O5. The Morgan fingerprint density at radius 3 is 2.15 bits per heavy atom. The first kappa shape index (κ1) is 16.6. The fourth-order valence-electron chi connectivity index (χ4n) is 1.34. The zero-order chi connectivity index (χ0) is 15.1. The summed E-state index contributed by atoms with van der Waals surface area (Å²) in [5.41, 5.74) is 0.170. The minimum absolute atomic E-state index is 0.0159. The van der Waals surface area contributed by atoms with E-state index in [9.17, 15) is 20.2 Å². The maximum absolute atomic E-state index is 10.2. The number of hydrogen-bond acceptors (Lipinski definition) is 5. The summed E-state index contributed by atoms with van der Waals surface area (Å²) < 4.78 is 1.80. The smallest absolute Gasteiger partial charge is 0.269 e. The topological polar surface area (TPSA) is 107 Å². The number of benzene rings is 1. The van der Waals surface area contributed by atoms with Crippen molar-refractivity contribution in [3.05, 3.63) is 65.9 Å². The van der Waals surface area contributed by atoms with Crippen molar-refractivity contribution in [2.24, 2.45) is 0 Å². The van der Waals surface area contributed by atoms with Crippen molar-refractivity contribution in [2.75, 3.05) is 0 Å². The van der Waals surface area contributed by atoms with Gasteiger partial charge in [-0.25, -0.2) is 0 Å². The Bertz CT molecular complexity index is 558. The maximum Gasteiger partial charge on any atom is 0.269 e. The molecular weight excluding hydrogens is 476 g/mol. The van der Waals surface area contributed by atoms with E-state index in [1.807, 2.05) is 3.58 Å². The molecule has 1 atom stereocenters. The van der Waals surface area contributed by atoms with Crippen molar-refractivity contribution in [1.82, 2.24) is 0 Å². The minimum atomic E-state index is -1.26. The van der Waals surface area contributed by atoms with Crippen molar-refractivity contribution in [3.8, 4) is 5.75 Å². The molecule has 1 aliphatic heterocycles. The van der Waals surface area contributed by atoms with Gasteiger partial charge < -0.3 is 5.11 Å². The van der Waals surface area contributed by atoms with Gasteiger partial charge in [0.1, 0.15) is 5.75 Å². The largest absolute Gasteiger partial charge is 0.508 e. The molecule has 20 heavy (non-hydrogen) atoms. The van der Waals surface area contributed by atoms with E-state index in [0.29, 0.717) is 0 Å². The summed E-state index contributed by atoms with van der Waals surface area (Å²) in [6.07, 6.45) is 3.24. The van der Waals surface area contributed by atoms with Crippen molar-refractivity contribution in [1.29, 1.82) is 0 Å². The predicted molar refractivity (Wildman–Crippen MR) is 68.6 cm³/mol. The molecule has 9 heteroatoms. The van der Waals surface area contributed by atoms with Crippen LogP contribution in [-0.4, -0.2) is 17.8 Å². The summed E-state index contributed by atoms with van der Waals surface area (Å²) in [5.74, 6) is 0.0330. The van der Waals surface area contributed by atoms with Crippen LogP contribution in [0.2, 0.25) is 0 Å². The Balaban J connectivity index is 0.000000200. The van der Waals surface area contributed by atoms with Crippen LogP contribution in [0.25, 0.3) is 0 Å². The van der Waals surface area contributed by atoms with Gasteiger partial charge in [-0.1, -0.05) is 0 Å². The van der Waals surface area contributed by atoms with Gasteiger partial charge in [-0.3, -0.25) is 10.1 Å². The minimum Gasteiger partial charge on any atom is -0.508 e. The molecule has 1 N–H and O–H groups in total. The molecule has 1 aliphatic rings. The number of nitro benzene ring substituents is 1. The Labute approximate surface area is 131 Å². The molecule has 1 heterocycles. The van der Waals surface area contributed by atoms with Gasteiger partial charge in [-0.2, -0.15) is 0 Å². The van der Waals surface area contributed by atoms with Crippen molar-refractivity contribution in [2.45, 2.75) is 2.89 Å². The molecule has 2 rings (SSSR count). The second-order valence-corrected chi connectivity index (χ2v) is 13.1. The molecule has 0 aromatic heterocycles.